The van der Waals surface area contributed by atoms with Crippen molar-refractivity contribution >= 4 is 17.8 Å². The fraction of sp³-hybridized carbons (Fsp3) is 0.263. The summed E-state index contributed by atoms with van der Waals surface area (Å²) in [6.45, 7) is 5.36. The van der Waals surface area contributed by atoms with Crippen molar-refractivity contribution in [1.82, 2.24) is 4.98 Å². The summed E-state index contributed by atoms with van der Waals surface area (Å²) in [5, 5.41) is 12.8. The zero-order valence-corrected chi connectivity index (χ0v) is 14.2. The number of benzene rings is 1. The Bertz CT molecular complexity index is 869. The molecule has 3 rings (SSSR count). The number of carbonyl (C=O) groups excluding carboxylic acids is 1. The number of rotatable bonds is 3. The average Bonchev–Trinajstić information content (AvgIpc) is 3.00. The lowest BCUT2D eigenvalue weighted by atomic mass is 10.1. The van der Waals surface area contributed by atoms with Crippen LogP contribution in [-0.2, 0) is 11.2 Å². The third-order valence-corrected chi connectivity index (χ3v) is 4.48. The highest BCUT2D eigenvalue weighted by Crippen LogP contribution is 2.31. The maximum absolute atomic E-state index is 12.6. The molecule has 0 aliphatic heterocycles. The molecule has 1 aliphatic rings. The van der Waals surface area contributed by atoms with Gasteiger partial charge in [-0.2, -0.15) is 0 Å². The summed E-state index contributed by atoms with van der Waals surface area (Å²) >= 11 is 0. The number of anilines is 1. The van der Waals surface area contributed by atoms with Crippen molar-refractivity contribution < 1.29 is 14.6 Å². The Hall–Kier alpha value is -2.82. The number of hydrogen-bond acceptors (Lipinski definition) is 4. The SMILES string of the molecule is COc1ccc2c(c1)CC(C(=O)Nc1nc(C)c(O)c(C)c1C)=C2. The smallest absolute Gasteiger partial charge is 0.253 e. The molecule has 1 aliphatic carbocycles. The molecule has 0 saturated carbocycles. The summed E-state index contributed by atoms with van der Waals surface area (Å²) in [5.41, 5.74) is 4.78. The third-order valence-electron chi connectivity index (χ3n) is 4.48. The van der Waals surface area contributed by atoms with Crippen LogP contribution in [0.5, 0.6) is 11.5 Å². The van der Waals surface area contributed by atoms with Crippen LogP contribution in [0.3, 0.4) is 0 Å². The molecule has 5 nitrogen and oxygen atoms in total. The lowest BCUT2D eigenvalue weighted by Gasteiger charge is -2.13. The molecule has 0 bridgehead atoms. The molecule has 24 heavy (non-hydrogen) atoms. The van der Waals surface area contributed by atoms with E-state index in [9.17, 15) is 9.90 Å². The number of nitrogens with one attached hydrogen (secondary N) is 1. The number of nitrogens with zero attached hydrogens (tertiary/aromatic N) is 1. The molecule has 124 valence electrons. The lowest BCUT2D eigenvalue weighted by molar-refractivity contribution is -0.112. The quantitative estimate of drug-likeness (QED) is 0.909. The standard InChI is InChI=1S/C19H20N2O3/c1-10-11(2)18(20-12(3)17(10)22)21-19(23)15-7-13-5-6-16(24-4)9-14(13)8-15/h5-7,9,22H,8H2,1-4H3,(H,20,21,23). The molecule has 1 aromatic carbocycles. The maximum atomic E-state index is 12.6. The van der Waals surface area contributed by atoms with Gasteiger partial charge in [-0.3, -0.25) is 4.79 Å². The number of amides is 1. The number of ether oxygens (including phenoxy) is 1. The van der Waals surface area contributed by atoms with Crippen LogP contribution in [0, 0.1) is 20.8 Å². The van der Waals surface area contributed by atoms with Gasteiger partial charge in [0.1, 0.15) is 17.3 Å². The van der Waals surface area contributed by atoms with Gasteiger partial charge < -0.3 is 15.2 Å². The maximum Gasteiger partial charge on any atom is 0.253 e. The van der Waals surface area contributed by atoms with E-state index in [-0.39, 0.29) is 11.7 Å². The van der Waals surface area contributed by atoms with E-state index < -0.39 is 0 Å². The summed E-state index contributed by atoms with van der Waals surface area (Å²) in [7, 11) is 1.63. The summed E-state index contributed by atoms with van der Waals surface area (Å²) < 4.78 is 5.23. The first kappa shape index (κ1) is 16.1. The highest BCUT2D eigenvalue weighted by Gasteiger charge is 2.21. The van der Waals surface area contributed by atoms with E-state index in [0.29, 0.717) is 23.5 Å². The van der Waals surface area contributed by atoms with E-state index in [1.807, 2.05) is 38.1 Å². The second kappa shape index (κ2) is 6.00. The highest BCUT2D eigenvalue weighted by molar-refractivity contribution is 6.08. The van der Waals surface area contributed by atoms with E-state index in [0.717, 1.165) is 28.0 Å². The lowest BCUT2D eigenvalue weighted by Crippen LogP contribution is -2.17. The Kier molecular flexibility index (Phi) is 4.01. The molecule has 2 aromatic rings. The van der Waals surface area contributed by atoms with E-state index in [1.54, 1.807) is 14.0 Å². The molecule has 0 fully saturated rings. The number of aryl methyl sites for hydroxylation is 1. The van der Waals surface area contributed by atoms with Crippen LogP contribution < -0.4 is 10.1 Å². The van der Waals surface area contributed by atoms with E-state index >= 15 is 0 Å². The Morgan fingerprint density at radius 3 is 2.71 bits per heavy atom. The van der Waals surface area contributed by atoms with Gasteiger partial charge in [0.05, 0.1) is 12.8 Å². The molecular formula is C19H20N2O3. The first-order valence-electron chi connectivity index (χ1n) is 7.76. The van der Waals surface area contributed by atoms with Crippen molar-refractivity contribution in [3.05, 3.63) is 51.7 Å². The molecule has 1 heterocycles. The largest absolute Gasteiger partial charge is 0.506 e. The molecule has 1 amide bonds. The van der Waals surface area contributed by atoms with Gasteiger partial charge in [0.25, 0.3) is 5.91 Å². The van der Waals surface area contributed by atoms with Crippen LogP contribution in [0.25, 0.3) is 6.08 Å². The summed E-state index contributed by atoms with van der Waals surface area (Å²) in [5.74, 6) is 1.27. The van der Waals surface area contributed by atoms with E-state index in [2.05, 4.69) is 10.3 Å². The minimum atomic E-state index is -0.176. The molecule has 0 unspecified atom stereocenters. The van der Waals surface area contributed by atoms with Gasteiger partial charge in [-0.1, -0.05) is 6.07 Å². The molecule has 1 aromatic heterocycles. The van der Waals surface area contributed by atoms with Crippen molar-refractivity contribution in [2.45, 2.75) is 27.2 Å². The van der Waals surface area contributed by atoms with E-state index in [1.165, 1.54) is 0 Å². The van der Waals surface area contributed by atoms with Gasteiger partial charge in [-0.15, -0.1) is 0 Å². The zero-order chi connectivity index (χ0) is 17.4. The van der Waals surface area contributed by atoms with Gasteiger partial charge in [0, 0.05) is 12.0 Å². The first-order chi connectivity index (χ1) is 11.4. The molecule has 0 radical (unpaired) electrons. The Morgan fingerprint density at radius 1 is 1.25 bits per heavy atom. The Labute approximate surface area is 141 Å². The van der Waals surface area contributed by atoms with Gasteiger partial charge in [0.2, 0.25) is 0 Å². The molecule has 0 atom stereocenters. The summed E-state index contributed by atoms with van der Waals surface area (Å²) in [6.07, 6.45) is 2.45. The van der Waals surface area contributed by atoms with Crippen LogP contribution in [0.1, 0.15) is 27.9 Å². The van der Waals surface area contributed by atoms with Crippen molar-refractivity contribution in [3.8, 4) is 11.5 Å². The van der Waals surface area contributed by atoms with Crippen molar-refractivity contribution in [2.75, 3.05) is 12.4 Å². The monoisotopic (exact) mass is 324 g/mol. The van der Waals surface area contributed by atoms with Gasteiger partial charge in [0.15, 0.2) is 0 Å². The van der Waals surface area contributed by atoms with Crippen LogP contribution in [0.4, 0.5) is 5.82 Å². The summed E-state index contributed by atoms with van der Waals surface area (Å²) in [4.78, 5) is 16.9. The van der Waals surface area contributed by atoms with Crippen molar-refractivity contribution in [1.29, 1.82) is 0 Å². The van der Waals surface area contributed by atoms with Gasteiger partial charge in [-0.25, -0.2) is 4.98 Å². The van der Waals surface area contributed by atoms with E-state index in [4.69, 9.17) is 4.74 Å². The summed E-state index contributed by atoms with van der Waals surface area (Å²) in [6, 6.07) is 5.78. The minimum absolute atomic E-state index is 0.171. The predicted octanol–water partition coefficient (Wildman–Crippen LogP) is 3.30. The third kappa shape index (κ3) is 2.73. The molecule has 5 heteroatoms. The molecule has 0 spiro atoms. The van der Waals surface area contributed by atoms with Crippen LogP contribution in [-0.4, -0.2) is 23.1 Å². The molecular weight excluding hydrogens is 304 g/mol. The number of methoxy groups -OCH3 is 1. The normalized spacial score (nSPS) is 12.6. The Balaban J connectivity index is 1.83. The number of pyridine rings is 1. The second-order valence-corrected chi connectivity index (χ2v) is 6.01. The second-order valence-electron chi connectivity index (χ2n) is 6.01. The number of aromatic nitrogens is 1. The van der Waals surface area contributed by atoms with Crippen LogP contribution in [0.15, 0.2) is 23.8 Å². The predicted molar refractivity (Wildman–Crippen MR) is 93.4 cm³/mol. The fourth-order valence-electron chi connectivity index (χ4n) is 2.83. The Morgan fingerprint density at radius 2 is 2.00 bits per heavy atom. The van der Waals surface area contributed by atoms with Gasteiger partial charge in [-0.05, 0) is 61.2 Å². The number of aromatic hydroxyl groups is 1. The van der Waals surface area contributed by atoms with Crippen molar-refractivity contribution in [3.63, 3.8) is 0 Å². The minimum Gasteiger partial charge on any atom is -0.506 e. The first-order valence-corrected chi connectivity index (χ1v) is 7.76. The van der Waals surface area contributed by atoms with Crippen molar-refractivity contribution in [2.24, 2.45) is 0 Å². The zero-order valence-electron chi connectivity index (χ0n) is 14.2. The topological polar surface area (TPSA) is 71.5 Å². The highest BCUT2D eigenvalue weighted by atomic mass is 16.5. The molecule has 0 saturated heterocycles. The number of carbonyl (C=O) groups is 1. The fourth-order valence-corrected chi connectivity index (χ4v) is 2.83. The van der Waals surface area contributed by atoms with Gasteiger partial charge >= 0.3 is 0 Å². The van der Waals surface area contributed by atoms with Crippen LogP contribution in [0.2, 0.25) is 0 Å². The average molecular weight is 324 g/mol. The number of hydrogen-bond donors (Lipinski definition) is 2. The molecule has 2 N–H and O–H groups in total. The number of fused-ring (bicyclic) bond motifs is 1. The van der Waals surface area contributed by atoms with Crippen LogP contribution >= 0.6 is 0 Å².